The number of nitrogens with one attached hydrogen (secondary N) is 2. The number of amides is 1. The molecule has 0 fully saturated rings. The minimum Gasteiger partial charge on any atom is -0.360 e. The Morgan fingerprint density at radius 1 is 1.26 bits per heavy atom. The van der Waals surface area contributed by atoms with Crippen molar-refractivity contribution in [2.75, 3.05) is 11.9 Å². The van der Waals surface area contributed by atoms with Crippen LogP contribution >= 0.6 is 11.3 Å². The zero-order valence-electron chi connectivity index (χ0n) is 12.2. The van der Waals surface area contributed by atoms with Crippen molar-refractivity contribution in [3.05, 3.63) is 5.01 Å². The molecule has 1 unspecified atom stereocenters. The molecule has 0 radical (unpaired) electrons. The first-order chi connectivity index (χ1) is 9.12. The molecule has 0 spiro atoms. The van der Waals surface area contributed by atoms with Gasteiger partial charge in [0.05, 0.1) is 0 Å². The van der Waals surface area contributed by atoms with Gasteiger partial charge in [-0.1, -0.05) is 44.9 Å². The maximum absolute atomic E-state index is 12.0. The SMILES string of the molecule is CCCNc1nnc(C(=O)NC(C)C(CC)CC)s1. The second-order valence-electron chi connectivity index (χ2n) is 4.68. The summed E-state index contributed by atoms with van der Waals surface area (Å²) in [5.41, 5.74) is 0. The first-order valence-electron chi connectivity index (χ1n) is 7.00. The van der Waals surface area contributed by atoms with Crippen LogP contribution in [0.15, 0.2) is 0 Å². The van der Waals surface area contributed by atoms with E-state index in [0.717, 1.165) is 25.8 Å². The molecular formula is C13H24N4OS. The molecule has 0 saturated carbocycles. The molecule has 1 atom stereocenters. The molecule has 2 N–H and O–H groups in total. The van der Waals surface area contributed by atoms with Crippen molar-refractivity contribution < 1.29 is 4.79 Å². The molecule has 0 saturated heterocycles. The summed E-state index contributed by atoms with van der Waals surface area (Å²) in [6.45, 7) is 9.27. The highest BCUT2D eigenvalue weighted by atomic mass is 32.1. The summed E-state index contributed by atoms with van der Waals surface area (Å²) in [4.78, 5) is 12.0. The van der Waals surface area contributed by atoms with Crippen LogP contribution in [0.2, 0.25) is 0 Å². The van der Waals surface area contributed by atoms with Crippen LogP contribution in [0.5, 0.6) is 0 Å². The normalized spacial score (nSPS) is 12.5. The number of nitrogens with zero attached hydrogens (tertiary/aromatic N) is 2. The van der Waals surface area contributed by atoms with E-state index < -0.39 is 0 Å². The summed E-state index contributed by atoms with van der Waals surface area (Å²) < 4.78 is 0. The Hall–Kier alpha value is -1.17. The lowest BCUT2D eigenvalue weighted by atomic mass is 9.95. The lowest BCUT2D eigenvalue weighted by Crippen LogP contribution is -2.37. The van der Waals surface area contributed by atoms with Gasteiger partial charge in [0.15, 0.2) is 0 Å². The molecule has 0 aliphatic rings. The molecule has 5 nitrogen and oxygen atoms in total. The molecule has 0 aliphatic carbocycles. The van der Waals surface area contributed by atoms with Gasteiger partial charge in [0.25, 0.3) is 5.91 Å². The summed E-state index contributed by atoms with van der Waals surface area (Å²) in [7, 11) is 0. The van der Waals surface area contributed by atoms with Crippen molar-refractivity contribution in [1.29, 1.82) is 0 Å². The van der Waals surface area contributed by atoms with Crippen molar-refractivity contribution >= 4 is 22.4 Å². The van der Waals surface area contributed by atoms with Crippen molar-refractivity contribution in [3.8, 4) is 0 Å². The van der Waals surface area contributed by atoms with Gasteiger partial charge in [0, 0.05) is 12.6 Å². The van der Waals surface area contributed by atoms with Crippen LogP contribution in [0.4, 0.5) is 5.13 Å². The molecule has 1 aromatic heterocycles. The molecule has 6 heteroatoms. The van der Waals surface area contributed by atoms with Crippen LogP contribution in [0.1, 0.15) is 56.8 Å². The van der Waals surface area contributed by atoms with Gasteiger partial charge in [-0.05, 0) is 19.3 Å². The van der Waals surface area contributed by atoms with Crippen LogP contribution in [-0.4, -0.2) is 28.7 Å². The number of aromatic nitrogens is 2. The molecule has 1 rings (SSSR count). The van der Waals surface area contributed by atoms with Crippen molar-refractivity contribution in [2.24, 2.45) is 5.92 Å². The standard InChI is InChI=1S/C13H24N4OS/c1-5-8-14-13-17-16-12(19-13)11(18)15-9(4)10(6-2)7-3/h9-10H,5-8H2,1-4H3,(H,14,17)(H,15,18). The fourth-order valence-electron chi connectivity index (χ4n) is 2.00. The Balaban J connectivity index is 2.55. The first-order valence-corrected chi connectivity index (χ1v) is 7.82. The Labute approximate surface area is 119 Å². The molecule has 19 heavy (non-hydrogen) atoms. The zero-order chi connectivity index (χ0) is 14.3. The average Bonchev–Trinajstić information content (AvgIpc) is 2.86. The average molecular weight is 284 g/mol. The number of hydrogen-bond donors (Lipinski definition) is 2. The van der Waals surface area contributed by atoms with Gasteiger partial charge in [-0.2, -0.15) is 0 Å². The minimum absolute atomic E-state index is 0.124. The van der Waals surface area contributed by atoms with Crippen LogP contribution in [-0.2, 0) is 0 Å². The molecule has 1 aromatic rings. The van der Waals surface area contributed by atoms with Gasteiger partial charge in [-0.15, -0.1) is 10.2 Å². The fourth-order valence-corrected chi connectivity index (χ4v) is 2.67. The third-order valence-electron chi connectivity index (χ3n) is 3.26. The number of hydrogen-bond acceptors (Lipinski definition) is 5. The molecule has 0 bridgehead atoms. The highest BCUT2D eigenvalue weighted by Gasteiger charge is 2.19. The Morgan fingerprint density at radius 3 is 2.53 bits per heavy atom. The summed E-state index contributed by atoms with van der Waals surface area (Å²) in [5, 5.41) is 15.2. The van der Waals surface area contributed by atoms with Gasteiger partial charge >= 0.3 is 0 Å². The van der Waals surface area contributed by atoms with Crippen LogP contribution in [0.3, 0.4) is 0 Å². The summed E-state index contributed by atoms with van der Waals surface area (Å²) in [6.07, 6.45) is 3.15. The van der Waals surface area contributed by atoms with Crippen LogP contribution in [0.25, 0.3) is 0 Å². The van der Waals surface area contributed by atoms with Gasteiger partial charge in [-0.25, -0.2) is 0 Å². The van der Waals surface area contributed by atoms with E-state index in [1.807, 2.05) is 6.92 Å². The van der Waals surface area contributed by atoms with Gasteiger partial charge in [-0.3, -0.25) is 4.79 Å². The van der Waals surface area contributed by atoms with E-state index >= 15 is 0 Å². The van der Waals surface area contributed by atoms with E-state index in [1.54, 1.807) is 0 Å². The Morgan fingerprint density at radius 2 is 1.95 bits per heavy atom. The van der Waals surface area contributed by atoms with E-state index in [2.05, 4.69) is 41.6 Å². The lowest BCUT2D eigenvalue weighted by molar-refractivity contribution is 0.0924. The number of carbonyl (C=O) groups is 1. The maximum atomic E-state index is 12.0. The largest absolute Gasteiger partial charge is 0.360 e. The lowest BCUT2D eigenvalue weighted by Gasteiger charge is -2.21. The predicted octanol–water partition coefficient (Wildman–Crippen LogP) is 2.91. The summed E-state index contributed by atoms with van der Waals surface area (Å²) in [6, 6.07) is 0.165. The number of carbonyl (C=O) groups excluding carboxylic acids is 1. The van der Waals surface area contributed by atoms with E-state index in [0.29, 0.717) is 16.1 Å². The quantitative estimate of drug-likeness (QED) is 0.770. The minimum atomic E-state index is -0.124. The van der Waals surface area contributed by atoms with Crippen molar-refractivity contribution in [1.82, 2.24) is 15.5 Å². The van der Waals surface area contributed by atoms with Gasteiger partial charge in [0.2, 0.25) is 10.1 Å². The monoisotopic (exact) mass is 284 g/mol. The van der Waals surface area contributed by atoms with Crippen molar-refractivity contribution in [3.63, 3.8) is 0 Å². The molecule has 1 amide bonds. The fraction of sp³-hybridized carbons (Fsp3) is 0.769. The molecule has 1 heterocycles. The van der Waals surface area contributed by atoms with E-state index in [4.69, 9.17) is 0 Å². The highest BCUT2D eigenvalue weighted by Crippen LogP contribution is 2.17. The Kier molecular flexibility index (Phi) is 6.77. The van der Waals surface area contributed by atoms with Crippen LogP contribution in [0, 0.1) is 5.92 Å². The highest BCUT2D eigenvalue weighted by molar-refractivity contribution is 7.17. The van der Waals surface area contributed by atoms with E-state index in [1.165, 1.54) is 11.3 Å². The summed E-state index contributed by atoms with van der Waals surface area (Å²) >= 11 is 1.30. The summed E-state index contributed by atoms with van der Waals surface area (Å²) in [5.74, 6) is 0.385. The number of anilines is 1. The number of rotatable bonds is 8. The molecule has 0 aliphatic heterocycles. The Bertz CT molecular complexity index is 390. The molecule has 108 valence electrons. The van der Waals surface area contributed by atoms with E-state index in [-0.39, 0.29) is 11.9 Å². The topological polar surface area (TPSA) is 66.9 Å². The smallest absolute Gasteiger partial charge is 0.282 e. The molecular weight excluding hydrogens is 260 g/mol. The van der Waals surface area contributed by atoms with Crippen molar-refractivity contribution in [2.45, 2.75) is 53.0 Å². The third kappa shape index (κ3) is 4.78. The van der Waals surface area contributed by atoms with E-state index in [9.17, 15) is 4.79 Å². The van der Waals surface area contributed by atoms with Gasteiger partial charge < -0.3 is 10.6 Å². The second-order valence-corrected chi connectivity index (χ2v) is 5.66. The van der Waals surface area contributed by atoms with Crippen LogP contribution < -0.4 is 10.6 Å². The third-order valence-corrected chi connectivity index (χ3v) is 4.14. The molecule has 0 aromatic carbocycles. The predicted molar refractivity (Wildman–Crippen MR) is 79.7 cm³/mol. The maximum Gasteiger partial charge on any atom is 0.282 e. The second kappa shape index (κ2) is 8.09. The first kappa shape index (κ1) is 15.9. The van der Waals surface area contributed by atoms with Gasteiger partial charge in [0.1, 0.15) is 0 Å². The zero-order valence-corrected chi connectivity index (χ0v) is 13.0.